The molecule has 1 atom stereocenters. The SMILES string of the molecule is Cc1ccc(C(O)CCc2nccn2C)cc1C. The molecule has 3 nitrogen and oxygen atoms in total. The molecule has 1 aromatic heterocycles. The van der Waals surface area contributed by atoms with E-state index in [1.807, 2.05) is 23.9 Å². The third-order valence-electron chi connectivity index (χ3n) is 3.48. The van der Waals surface area contributed by atoms with E-state index in [1.165, 1.54) is 11.1 Å². The van der Waals surface area contributed by atoms with Gasteiger partial charge in [-0.15, -0.1) is 0 Å². The molecular formula is C15H20N2O. The Morgan fingerprint density at radius 2 is 2.06 bits per heavy atom. The Labute approximate surface area is 108 Å². The molecule has 18 heavy (non-hydrogen) atoms. The molecule has 96 valence electrons. The second kappa shape index (κ2) is 5.36. The summed E-state index contributed by atoms with van der Waals surface area (Å²) in [5.41, 5.74) is 3.48. The van der Waals surface area contributed by atoms with Crippen molar-refractivity contribution < 1.29 is 5.11 Å². The number of imidazole rings is 1. The zero-order valence-corrected chi connectivity index (χ0v) is 11.2. The zero-order chi connectivity index (χ0) is 13.1. The quantitative estimate of drug-likeness (QED) is 0.898. The monoisotopic (exact) mass is 244 g/mol. The highest BCUT2D eigenvalue weighted by Crippen LogP contribution is 2.21. The van der Waals surface area contributed by atoms with Crippen LogP contribution >= 0.6 is 0 Å². The van der Waals surface area contributed by atoms with E-state index in [4.69, 9.17) is 0 Å². The molecule has 0 saturated heterocycles. The van der Waals surface area contributed by atoms with Crippen molar-refractivity contribution in [3.8, 4) is 0 Å². The molecule has 0 aliphatic heterocycles. The van der Waals surface area contributed by atoms with Crippen molar-refractivity contribution >= 4 is 0 Å². The molecule has 2 aromatic rings. The Morgan fingerprint density at radius 3 is 2.67 bits per heavy atom. The molecule has 0 spiro atoms. The maximum absolute atomic E-state index is 10.2. The van der Waals surface area contributed by atoms with Crippen molar-refractivity contribution in [2.45, 2.75) is 32.8 Å². The van der Waals surface area contributed by atoms with Gasteiger partial charge in [0, 0.05) is 25.9 Å². The molecule has 1 aromatic carbocycles. The lowest BCUT2D eigenvalue weighted by atomic mass is 10.00. The van der Waals surface area contributed by atoms with E-state index in [0.29, 0.717) is 6.42 Å². The number of hydrogen-bond donors (Lipinski definition) is 1. The normalized spacial score (nSPS) is 12.7. The topological polar surface area (TPSA) is 38.1 Å². The van der Waals surface area contributed by atoms with Gasteiger partial charge in [-0.3, -0.25) is 0 Å². The Balaban J connectivity index is 2.01. The van der Waals surface area contributed by atoms with Crippen LogP contribution < -0.4 is 0 Å². The van der Waals surface area contributed by atoms with Gasteiger partial charge in [0.2, 0.25) is 0 Å². The van der Waals surface area contributed by atoms with Crippen LogP contribution in [-0.2, 0) is 13.5 Å². The van der Waals surface area contributed by atoms with E-state index in [0.717, 1.165) is 17.8 Å². The van der Waals surface area contributed by atoms with Gasteiger partial charge in [0.15, 0.2) is 0 Å². The van der Waals surface area contributed by atoms with Crippen LogP contribution in [0.3, 0.4) is 0 Å². The van der Waals surface area contributed by atoms with Crippen LogP contribution in [0.4, 0.5) is 0 Å². The van der Waals surface area contributed by atoms with Crippen molar-refractivity contribution in [1.29, 1.82) is 0 Å². The van der Waals surface area contributed by atoms with Gasteiger partial charge in [0.1, 0.15) is 5.82 Å². The number of rotatable bonds is 4. The predicted molar refractivity (Wildman–Crippen MR) is 72.4 cm³/mol. The summed E-state index contributed by atoms with van der Waals surface area (Å²) in [5.74, 6) is 1.01. The summed E-state index contributed by atoms with van der Waals surface area (Å²) in [6, 6.07) is 6.14. The molecule has 0 saturated carbocycles. The first kappa shape index (κ1) is 12.8. The summed E-state index contributed by atoms with van der Waals surface area (Å²) >= 11 is 0. The molecule has 3 heteroatoms. The first-order chi connectivity index (χ1) is 8.58. The molecule has 0 fully saturated rings. The van der Waals surface area contributed by atoms with Gasteiger partial charge in [-0.1, -0.05) is 18.2 Å². The van der Waals surface area contributed by atoms with Crippen molar-refractivity contribution in [2.24, 2.45) is 7.05 Å². The molecule has 0 bridgehead atoms. The maximum atomic E-state index is 10.2. The lowest BCUT2D eigenvalue weighted by Crippen LogP contribution is -2.04. The van der Waals surface area contributed by atoms with Crippen LogP contribution in [0, 0.1) is 13.8 Å². The number of nitrogens with zero attached hydrogens (tertiary/aromatic N) is 2. The first-order valence-electron chi connectivity index (χ1n) is 6.29. The Hall–Kier alpha value is -1.61. The van der Waals surface area contributed by atoms with Crippen molar-refractivity contribution in [3.05, 3.63) is 53.1 Å². The average Bonchev–Trinajstić information content (AvgIpc) is 2.75. The fourth-order valence-corrected chi connectivity index (χ4v) is 2.04. The zero-order valence-electron chi connectivity index (χ0n) is 11.2. The Kier molecular flexibility index (Phi) is 3.82. The lowest BCUT2D eigenvalue weighted by molar-refractivity contribution is 0.166. The van der Waals surface area contributed by atoms with Crippen molar-refractivity contribution in [2.75, 3.05) is 0 Å². The average molecular weight is 244 g/mol. The molecule has 0 radical (unpaired) electrons. The number of aliphatic hydroxyl groups excluding tert-OH is 1. The maximum Gasteiger partial charge on any atom is 0.108 e. The molecular weight excluding hydrogens is 224 g/mol. The molecule has 0 amide bonds. The van der Waals surface area contributed by atoms with Gasteiger partial charge >= 0.3 is 0 Å². The van der Waals surface area contributed by atoms with E-state index in [1.54, 1.807) is 6.20 Å². The van der Waals surface area contributed by atoms with Gasteiger partial charge in [-0.2, -0.15) is 0 Å². The minimum atomic E-state index is -0.416. The van der Waals surface area contributed by atoms with Crippen molar-refractivity contribution in [1.82, 2.24) is 9.55 Å². The van der Waals surface area contributed by atoms with Crippen LogP contribution in [0.5, 0.6) is 0 Å². The van der Waals surface area contributed by atoms with Crippen LogP contribution in [-0.4, -0.2) is 14.7 Å². The second-order valence-corrected chi connectivity index (χ2v) is 4.85. The fraction of sp³-hybridized carbons (Fsp3) is 0.400. The summed E-state index contributed by atoms with van der Waals surface area (Å²) in [6.07, 6.45) is 4.79. The van der Waals surface area contributed by atoms with Crippen LogP contribution in [0.2, 0.25) is 0 Å². The van der Waals surface area contributed by atoms with E-state index >= 15 is 0 Å². The lowest BCUT2D eigenvalue weighted by Gasteiger charge is -2.12. The van der Waals surface area contributed by atoms with Gasteiger partial charge in [0.05, 0.1) is 6.10 Å². The number of aromatic nitrogens is 2. The molecule has 1 unspecified atom stereocenters. The first-order valence-corrected chi connectivity index (χ1v) is 6.29. The largest absolute Gasteiger partial charge is 0.388 e. The van der Waals surface area contributed by atoms with E-state index in [-0.39, 0.29) is 0 Å². The van der Waals surface area contributed by atoms with E-state index in [2.05, 4.69) is 31.0 Å². The van der Waals surface area contributed by atoms with Gasteiger partial charge in [-0.05, 0) is 37.0 Å². The summed E-state index contributed by atoms with van der Waals surface area (Å²) in [5, 5.41) is 10.2. The predicted octanol–water partition coefficient (Wildman–Crippen LogP) is 2.70. The van der Waals surface area contributed by atoms with Gasteiger partial charge in [0.25, 0.3) is 0 Å². The van der Waals surface area contributed by atoms with E-state index < -0.39 is 6.10 Å². The van der Waals surface area contributed by atoms with Crippen LogP contribution in [0.1, 0.15) is 35.0 Å². The van der Waals surface area contributed by atoms with Gasteiger partial charge < -0.3 is 9.67 Å². The molecule has 1 N–H and O–H groups in total. The molecule has 0 aliphatic rings. The molecule has 0 aliphatic carbocycles. The number of benzene rings is 1. The standard InChI is InChI=1S/C15H20N2O/c1-11-4-5-13(10-12(11)2)14(18)6-7-15-16-8-9-17(15)3/h4-5,8-10,14,18H,6-7H2,1-3H3. The Morgan fingerprint density at radius 1 is 1.28 bits per heavy atom. The van der Waals surface area contributed by atoms with Crippen molar-refractivity contribution in [3.63, 3.8) is 0 Å². The summed E-state index contributed by atoms with van der Waals surface area (Å²) in [7, 11) is 1.98. The summed E-state index contributed by atoms with van der Waals surface area (Å²) in [6.45, 7) is 4.16. The number of hydrogen-bond acceptors (Lipinski definition) is 2. The third kappa shape index (κ3) is 2.79. The highest BCUT2D eigenvalue weighted by atomic mass is 16.3. The Bertz CT molecular complexity index is 531. The fourth-order valence-electron chi connectivity index (χ4n) is 2.04. The van der Waals surface area contributed by atoms with Gasteiger partial charge in [-0.25, -0.2) is 4.98 Å². The smallest absolute Gasteiger partial charge is 0.108 e. The molecule has 2 rings (SSSR count). The minimum absolute atomic E-state index is 0.416. The highest BCUT2D eigenvalue weighted by molar-refractivity contribution is 5.31. The van der Waals surface area contributed by atoms with Crippen LogP contribution in [0.15, 0.2) is 30.6 Å². The van der Waals surface area contributed by atoms with Crippen LogP contribution in [0.25, 0.3) is 0 Å². The third-order valence-corrected chi connectivity index (χ3v) is 3.48. The number of aliphatic hydroxyl groups is 1. The molecule has 1 heterocycles. The second-order valence-electron chi connectivity index (χ2n) is 4.85. The van der Waals surface area contributed by atoms with E-state index in [9.17, 15) is 5.11 Å². The minimum Gasteiger partial charge on any atom is -0.388 e. The highest BCUT2D eigenvalue weighted by Gasteiger charge is 2.10. The summed E-state index contributed by atoms with van der Waals surface area (Å²) < 4.78 is 1.99. The number of aryl methyl sites for hydroxylation is 4. The summed E-state index contributed by atoms with van der Waals surface area (Å²) in [4.78, 5) is 4.26.